The molecular formula is C21H21B4ClN4O. The van der Waals surface area contributed by atoms with Crippen molar-refractivity contribution < 1.29 is 4.79 Å². The van der Waals surface area contributed by atoms with E-state index in [2.05, 4.69) is 32.0 Å². The molecule has 0 saturated carbocycles. The SMILES string of the molecule is Bc1c(B)c(B)c(C(=O)Nc2cc3cc(-c4cnc(C)n4C)ccc3cn2)c(Cl)c1B. The minimum absolute atomic E-state index is 0.251. The Labute approximate surface area is 190 Å². The molecule has 150 valence electrons. The highest BCUT2D eigenvalue weighted by Crippen LogP contribution is 2.26. The second-order valence-corrected chi connectivity index (χ2v) is 8.40. The number of carbonyl (C=O) groups is 1. The standard InChI is InChI=1S/C21H21B4ClN4O/c1-9-27-8-13(30(9)2)10-3-4-11-7-28-14(6-12(11)5-10)29-21(31)15-16(22)17(23)18(24)19(25)20(15)26/h3-8H,22-25H2,1-2H3,(H,28,29,31). The Hall–Kier alpha value is -2.92. The van der Waals surface area contributed by atoms with Crippen LogP contribution in [0.25, 0.3) is 22.0 Å². The van der Waals surface area contributed by atoms with Crippen LogP contribution in [0.5, 0.6) is 0 Å². The van der Waals surface area contributed by atoms with Gasteiger partial charge in [-0.15, -0.1) is 10.9 Å². The molecule has 0 spiro atoms. The van der Waals surface area contributed by atoms with Gasteiger partial charge in [0.25, 0.3) is 5.91 Å². The summed E-state index contributed by atoms with van der Waals surface area (Å²) in [4.78, 5) is 21.9. The first-order valence-electron chi connectivity index (χ1n) is 10.1. The molecule has 5 nitrogen and oxygen atoms in total. The Morgan fingerprint density at radius 3 is 2.35 bits per heavy atom. The average Bonchev–Trinajstić information content (AvgIpc) is 3.09. The third-order valence-electron chi connectivity index (χ3n) is 6.32. The van der Waals surface area contributed by atoms with Crippen LogP contribution in [0.1, 0.15) is 16.2 Å². The molecule has 2 aromatic heterocycles. The molecule has 1 amide bonds. The maximum Gasteiger partial charge on any atom is 0.257 e. The van der Waals surface area contributed by atoms with E-state index < -0.39 is 0 Å². The van der Waals surface area contributed by atoms with E-state index in [0.29, 0.717) is 16.4 Å². The lowest BCUT2D eigenvalue weighted by atomic mass is 9.65. The maximum absolute atomic E-state index is 13.1. The summed E-state index contributed by atoms with van der Waals surface area (Å²) in [7, 11) is 9.91. The molecular weight excluding hydrogens is 403 g/mol. The molecule has 0 saturated heterocycles. The zero-order chi connectivity index (χ0) is 22.4. The monoisotopic (exact) mass is 424 g/mol. The predicted octanol–water partition coefficient (Wildman–Crippen LogP) is -2.12. The number of amides is 1. The van der Waals surface area contributed by atoms with Crippen LogP contribution in [0.3, 0.4) is 0 Å². The van der Waals surface area contributed by atoms with Gasteiger partial charge in [0.2, 0.25) is 0 Å². The van der Waals surface area contributed by atoms with Crippen molar-refractivity contribution in [1.82, 2.24) is 14.5 Å². The first kappa shape index (κ1) is 21.3. The lowest BCUT2D eigenvalue weighted by Gasteiger charge is -2.18. The molecule has 4 aromatic rings. The average molecular weight is 424 g/mol. The number of aromatic nitrogens is 3. The highest BCUT2D eigenvalue weighted by atomic mass is 35.5. The van der Waals surface area contributed by atoms with Crippen molar-refractivity contribution in [2.24, 2.45) is 7.05 Å². The lowest BCUT2D eigenvalue weighted by molar-refractivity contribution is 0.102. The van der Waals surface area contributed by atoms with Crippen molar-refractivity contribution in [3.05, 3.63) is 53.1 Å². The van der Waals surface area contributed by atoms with Gasteiger partial charge in [-0.3, -0.25) is 4.79 Å². The minimum Gasteiger partial charge on any atom is -0.331 e. The van der Waals surface area contributed by atoms with Gasteiger partial charge in [-0.05, 0) is 24.4 Å². The summed E-state index contributed by atoms with van der Waals surface area (Å²) in [5.41, 5.74) is 6.61. The number of nitrogens with one attached hydrogen (secondary N) is 1. The van der Waals surface area contributed by atoms with E-state index in [4.69, 9.17) is 11.6 Å². The molecule has 10 heteroatoms. The predicted molar refractivity (Wildman–Crippen MR) is 141 cm³/mol. The number of fused-ring (bicyclic) bond motifs is 1. The van der Waals surface area contributed by atoms with Crippen molar-refractivity contribution in [2.45, 2.75) is 6.92 Å². The lowest BCUT2D eigenvalue weighted by Crippen LogP contribution is -2.50. The summed E-state index contributed by atoms with van der Waals surface area (Å²) in [6.07, 6.45) is 3.64. The summed E-state index contributed by atoms with van der Waals surface area (Å²) < 4.78 is 2.05. The second kappa shape index (κ2) is 7.97. The van der Waals surface area contributed by atoms with E-state index in [0.717, 1.165) is 49.7 Å². The molecule has 0 fully saturated rings. The van der Waals surface area contributed by atoms with E-state index in [9.17, 15) is 4.79 Å². The summed E-state index contributed by atoms with van der Waals surface area (Å²) in [6.45, 7) is 1.98. The van der Waals surface area contributed by atoms with Crippen molar-refractivity contribution >= 4 is 87.3 Å². The number of carbonyl (C=O) groups excluding carboxylic acids is 1. The topological polar surface area (TPSA) is 59.8 Å². The van der Waals surface area contributed by atoms with E-state index >= 15 is 0 Å². The van der Waals surface area contributed by atoms with Crippen LogP contribution in [0.2, 0.25) is 5.02 Å². The van der Waals surface area contributed by atoms with Crippen molar-refractivity contribution in [3.63, 3.8) is 0 Å². The Morgan fingerprint density at radius 2 is 1.68 bits per heavy atom. The Balaban J connectivity index is 1.71. The Morgan fingerprint density at radius 1 is 0.968 bits per heavy atom. The molecule has 2 heterocycles. The quantitative estimate of drug-likeness (QED) is 0.383. The largest absolute Gasteiger partial charge is 0.331 e. The third-order valence-corrected chi connectivity index (χ3v) is 6.79. The number of anilines is 1. The van der Waals surface area contributed by atoms with Crippen LogP contribution in [0.15, 0.2) is 36.7 Å². The number of hydrogen-bond donors (Lipinski definition) is 1. The van der Waals surface area contributed by atoms with Gasteiger partial charge >= 0.3 is 0 Å². The smallest absolute Gasteiger partial charge is 0.257 e. The van der Waals surface area contributed by atoms with Crippen LogP contribution in [-0.4, -0.2) is 51.8 Å². The van der Waals surface area contributed by atoms with Gasteiger partial charge in [-0.1, -0.05) is 34.7 Å². The van der Waals surface area contributed by atoms with Crippen molar-refractivity contribution in [1.29, 1.82) is 0 Å². The number of imidazole rings is 1. The van der Waals surface area contributed by atoms with E-state index in [1.165, 1.54) is 0 Å². The number of rotatable bonds is 3. The number of nitrogens with zero attached hydrogens (tertiary/aromatic N) is 3. The fourth-order valence-electron chi connectivity index (χ4n) is 3.85. The van der Waals surface area contributed by atoms with Gasteiger partial charge in [0.15, 0.2) is 0 Å². The van der Waals surface area contributed by atoms with Crippen LogP contribution in [0.4, 0.5) is 5.82 Å². The Kier molecular flexibility index (Phi) is 5.48. The first-order chi connectivity index (χ1) is 14.7. The second-order valence-electron chi connectivity index (χ2n) is 8.02. The number of aryl methyl sites for hydroxylation is 1. The molecule has 0 aliphatic heterocycles. The molecule has 0 aliphatic rings. The summed E-state index contributed by atoms with van der Waals surface area (Å²) in [5.74, 6) is 1.19. The molecule has 0 unspecified atom stereocenters. The summed E-state index contributed by atoms with van der Waals surface area (Å²) >= 11 is 6.55. The first-order valence-corrected chi connectivity index (χ1v) is 10.5. The third kappa shape index (κ3) is 3.67. The minimum atomic E-state index is -0.251. The van der Waals surface area contributed by atoms with E-state index in [1.54, 1.807) is 6.20 Å². The van der Waals surface area contributed by atoms with Gasteiger partial charge in [0.1, 0.15) is 43.0 Å². The molecule has 0 radical (unpaired) electrons. The van der Waals surface area contributed by atoms with Gasteiger partial charge in [-0.25, -0.2) is 9.97 Å². The van der Waals surface area contributed by atoms with Crippen LogP contribution in [0, 0.1) is 6.92 Å². The molecule has 31 heavy (non-hydrogen) atoms. The zero-order valence-corrected chi connectivity index (χ0v) is 19.3. The van der Waals surface area contributed by atoms with E-state index in [1.807, 2.05) is 63.7 Å². The van der Waals surface area contributed by atoms with Gasteiger partial charge in [0.05, 0.1) is 17.5 Å². The summed E-state index contributed by atoms with van der Waals surface area (Å²) in [6, 6.07) is 8.05. The van der Waals surface area contributed by atoms with Crippen LogP contribution >= 0.6 is 11.6 Å². The van der Waals surface area contributed by atoms with E-state index in [-0.39, 0.29) is 5.91 Å². The molecule has 4 rings (SSSR count). The molecule has 2 aromatic carbocycles. The van der Waals surface area contributed by atoms with Crippen LogP contribution in [-0.2, 0) is 7.05 Å². The number of halogens is 1. The molecule has 0 atom stereocenters. The normalized spacial score (nSPS) is 11.1. The van der Waals surface area contributed by atoms with Gasteiger partial charge in [0, 0.05) is 29.2 Å². The fraction of sp³-hybridized carbons (Fsp3) is 0.0952. The summed E-state index contributed by atoms with van der Waals surface area (Å²) in [5, 5.41) is 5.41. The highest BCUT2D eigenvalue weighted by Gasteiger charge is 2.19. The maximum atomic E-state index is 13.1. The highest BCUT2D eigenvalue weighted by molar-refractivity contribution is 6.66. The molecule has 1 N–H and O–H groups in total. The van der Waals surface area contributed by atoms with Crippen molar-refractivity contribution in [3.8, 4) is 11.3 Å². The number of benzene rings is 2. The molecule has 0 bridgehead atoms. The van der Waals surface area contributed by atoms with Crippen molar-refractivity contribution in [2.75, 3.05) is 5.32 Å². The van der Waals surface area contributed by atoms with Gasteiger partial charge in [-0.2, -0.15) is 0 Å². The van der Waals surface area contributed by atoms with Gasteiger partial charge < -0.3 is 9.88 Å². The number of hydrogen-bond acceptors (Lipinski definition) is 3. The zero-order valence-electron chi connectivity index (χ0n) is 18.6. The number of pyridine rings is 1. The molecule has 0 aliphatic carbocycles. The fourth-order valence-corrected chi connectivity index (χ4v) is 4.22. The Bertz CT molecular complexity index is 1340. The van der Waals surface area contributed by atoms with Crippen LogP contribution < -0.4 is 27.2 Å².